The summed E-state index contributed by atoms with van der Waals surface area (Å²) in [6, 6.07) is 5.96. The lowest BCUT2D eigenvalue weighted by Crippen LogP contribution is -2.41. The van der Waals surface area contributed by atoms with Gasteiger partial charge in [0.1, 0.15) is 0 Å². The summed E-state index contributed by atoms with van der Waals surface area (Å²) in [6.07, 6.45) is 1.02. The lowest BCUT2D eigenvalue weighted by Gasteiger charge is -2.27. The summed E-state index contributed by atoms with van der Waals surface area (Å²) in [5.74, 6) is 0.0442. The minimum atomic E-state index is 0.0442. The topological polar surface area (TPSA) is 29.5 Å². The Balaban J connectivity index is 2.22. The van der Waals surface area contributed by atoms with Gasteiger partial charge in [-0.3, -0.25) is 4.79 Å². The fourth-order valence-corrected chi connectivity index (χ4v) is 3.14. The molecule has 0 aromatic heterocycles. The van der Waals surface area contributed by atoms with Crippen molar-refractivity contribution in [3.63, 3.8) is 0 Å². The van der Waals surface area contributed by atoms with Crippen molar-refractivity contribution in [3.8, 4) is 0 Å². The highest BCUT2D eigenvalue weighted by molar-refractivity contribution is 14.1. The van der Waals surface area contributed by atoms with E-state index >= 15 is 0 Å². The van der Waals surface area contributed by atoms with E-state index in [1.165, 1.54) is 0 Å². The highest BCUT2D eigenvalue weighted by Gasteiger charge is 2.31. The summed E-state index contributed by atoms with van der Waals surface area (Å²) in [6.45, 7) is 2.75. The maximum atomic E-state index is 12.5. The Labute approximate surface area is 129 Å². The summed E-state index contributed by atoms with van der Waals surface area (Å²) in [4.78, 5) is 14.3. The Hall–Kier alpha value is -0.140. The average Bonchev–Trinajstić information content (AvgIpc) is 2.77. The van der Waals surface area contributed by atoms with Crippen LogP contribution in [0.2, 0.25) is 0 Å². The van der Waals surface area contributed by atoms with Crippen LogP contribution in [0.1, 0.15) is 23.7 Å². The van der Waals surface area contributed by atoms with Crippen LogP contribution in [0.4, 0.5) is 0 Å². The number of benzene rings is 1. The normalized spacial score (nSPS) is 23.1. The van der Waals surface area contributed by atoms with E-state index in [4.69, 9.17) is 4.74 Å². The van der Waals surface area contributed by atoms with Gasteiger partial charge in [0, 0.05) is 21.7 Å². The number of hydrogen-bond donors (Lipinski definition) is 0. The lowest BCUT2D eigenvalue weighted by atomic mass is 10.1. The van der Waals surface area contributed by atoms with Crippen LogP contribution in [-0.4, -0.2) is 36.6 Å². The van der Waals surface area contributed by atoms with Gasteiger partial charge in [-0.2, -0.15) is 0 Å². The van der Waals surface area contributed by atoms with E-state index in [1.807, 2.05) is 32.2 Å². The molecule has 2 atom stereocenters. The quantitative estimate of drug-likeness (QED) is 0.683. The molecule has 2 unspecified atom stereocenters. The second kappa shape index (κ2) is 5.88. The zero-order valence-corrected chi connectivity index (χ0v) is 14.1. The number of nitrogens with zero attached hydrogens (tertiary/aromatic N) is 1. The van der Waals surface area contributed by atoms with Gasteiger partial charge in [-0.1, -0.05) is 0 Å². The number of rotatable bonds is 2. The Morgan fingerprint density at radius 2 is 2.28 bits per heavy atom. The summed E-state index contributed by atoms with van der Waals surface area (Å²) < 4.78 is 7.42. The smallest absolute Gasteiger partial charge is 0.255 e. The summed E-state index contributed by atoms with van der Waals surface area (Å²) in [7, 11) is 1.85. The molecule has 1 aliphatic rings. The second-order valence-electron chi connectivity index (χ2n) is 4.47. The number of amides is 1. The molecule has 3 nitrogen and oxygen atoms in total. The molecule has 1 heterocycles. The molecule has 1 amide bonds. The molecule has 0 spiro atoms. The van der Waals surface area contributed by atoms with Crippen molar-refractivity contribution in [2.45, 2.75) is 25.5 Å². The van der Waals surface area contributed by atoms with Gasteiger partial charge in [-0.25, -0.2) is 0 Å². The standard InChI is InChI=1S/C13H15BrINO2/c1-8-12(5-6-18-8)16(2)13(17)10-7-9(15)3-4-11(10)14/h3-4,7-8,12H,5-6H2,1-2H3. The van der Waals surface area contributed by atoms with E-state index in [2.05, 4.69) is 38.5 Å². The van der Waals surface area contributed by atoms with Gasteiger partial charge in [0.15, 0.2) is 0 Å². The molecule has 1 aromatic rings. The minimum Gasteiger partial charge on any atom is -0.376 e. The first-order valence-corrected chi connectivity index (χ1v) is 7.71. The van der Waals surface area contributed by atoms with Crippen molar-refractivity contribution >= 4 is 44.4 Å². The van der Waals surface area contributed by atoms with Crippen LogP contribution in [0, 0.1) is 3.57 Å². The van der Waals surface area contributed by atoms with Gasteiger partial charge >= 0.3 is 0 Å². The number of carbonyl (C=O) groups is 1. The van der Waals surface area contributed by atoms with Gasteiger partial charge in [0.05, 0.1) is 17.7 Å². The third kappa shape index (κ3) is 2.88. The molecule has 0 N–H and O–H groups in total. The maximum Gasteiger partial charge on any atom is 0.255 e. The Bertz CT molecular complexity index is 466. The minimum absolute atomic E-state index is 0.0442. The molecule has 0 bridgehead atoms. The highest BCUT2D eigenvalue weighted by Crippen LogP contribution is 2.24. The van der Waals surface area contributed by atoms with Crippen molar-refractivity contribution in [2.75, 3.05) is 13.7 Å². The molecule has 0 aliphatic carbocycles. The van der Waals surface area contributed by atoms with Crippen LogP contribution >= 0.6 is 38.5 Å². The van der Waals surface area contributed by atoms with Gasteiger partial charge in [0.2, 0.25) is 0 Å². The molecular formula is C13H15BrINO2. The fourth-order valence-electron chi connectivity index (χ4n) is 2.23. The largest absolute Gasteiger partial charge is 0.376 e. The zero-order chi connectivity index (χ0) is 13.3. The number of hydrogen-bond acceptors (Lipinski definition) is 2. The molecule has 98 valence electrons. The van der Waals surface area contributed by atoms with Crippen LogP contribution in [0.5, 0.6) is 0 Å². The van der Waals surface area contributed by atoms with Crippen molar-refractivity contribution in [3.05, 3.63) is 31.8 Å². The molecule has 1 aromatic carbocycles. The highest BCUT2D eigenvalue weighted by atomic mass is 127. The van der Waals surface area contributed by atoms with E-state index in [0.717, 1.165) is 21.1 Å². The third-order valence-electron chi connectivity index (χ3n) is 3.31. The van der Waals surface area contributed by atoms with E-state index in [0.29, 0.717) is 5.56 Å². The Morgan fingerprint density at radius 1 is 1.56 bits per heavy atom. The third-order valence-corrected chi connectivity index (χ3v) is 4.68. The van der Waals surface area contributed by atoms with Gasteiger partial charge in [-0.15, -0.1) is 0 Å². The summed E-state index contributed by atoms with van der Waals surface area (Å²) >= 11 is 5.66. The average molecular weight is 424 g/mol. The zero-order valence-electron chi connectivity index (χ0n) is 10.3. The fraction of sp³-hybridized carbons (Fsp3) is 0.462. The van der Waals surface area contributed by atoms with Crippen LogP contribution in [0.15, 0.2) is 22.7 Å². The first kappa shape index (κ1) is 14.3. The first-order valence-electron chi connectivity index (χ1n) is 5.84. The SMILES string of the molecule is CC1OCCC1N(C)C(=O)c1cc(I)ccc1Br. The lowest BCUT2D eigenvalue weighted by molar-refractivity contribution is 0.0574. The van der Waals surface area contributed by atoms with E-state index in [-0.39, 0.29) is 18.1 Å². The number of likely N-dealkylation sites (N-methyl/N-ethyl adjacent to an activating group) is 1. The Kier molecular flexibility index (Phi) is 4.66. The van der Waals surface area contributed by atoms with Crippen molar-refractivity contribution in [1.82, 2.24) is 4.90 Å². The van der Waals surface area contributed by atoms with Crippen molar-refractivity contribution in [1.29, 1.82) is 0 Å². The number of halogens is 2. The molecule has 0 saturated carbocycles. The Morgan fingerprint density at radius 3 is 2.89 bits per heavy atom. The van der Waals surface area contributed by atoms with Crippen LogP contribution in [-0.2, 0) is 4.74 Å². The molecular weight excluding hydrogens is 409 g/mol. The number of ether oxygens (including phenoxy) is 1. The molecule has 1 saturated heterocycles. The van der Waals surface area contributed by atoms with Gasteiger partial charge in [-0.05, 0) is 70.1 Å². The summed E-state index contributed by atoms with van der Waals surface area (Å²) in [5, 5.41) is 0. The van der Waals surface area contributed by atoms with Gasteiger partial charge in [0.25, 0.3) is 5.91 Å². The molecule has 1 fully saturated rings. The number of carbonyl (C=O) groups excluding carboxylic acids is 1. The van der Waals surface area contributed by atoms with E-state index < -0.39 is 0 Å². The first-order chi connectivity index (χ1) is 8.50. The monoisotopic (exact) mass is 423 g/mol. The second-order valence-corrected chi connectivity index (χ2v) is 6.57. The molecule has 18 heavy (non-hydrogen) atoms. The van der Waals surface area contributed by atoms with Crippen LogP contribution in [0.25, 0.3) is 0 Å². The van der Waals surface area contributed by atoms with Crippen molar-refractivity contribution < 1.29 is 9.53 Å². The summed E-state index contributed by atoms with van der Waals surface area (Å²) in [5.41, 5.74) is 0.712. The molecule has 1 aliphatic heterocycles. The van der Waals surface area contributed by atoms with E-state index in [9.17, 15) is 4.79 Å². The van der Waals surface area contributed by atoms with E-state index in [1.54, 1.807) is 4.90 Å². The van der Waals surface area contributed by atoms with Crippen LogP contribution < -0.4 is 0 Å². The van der Waals surface area contributed by atoms with Gasteiger partial charge < -0.3 is 9.64 Å². The predicted octanol–water partition coefficient (Wildman–Crippen LogP) is 3.30. The predicted molar refractivity (Wildman–Crippen MR) is 82.8 cm³/mol. The molecule has 5 heteroatoms. The van der Waals surface area contributed by atoms with Crippen molar-refractivity contribution in [2.24, 2.45) is 0 Å². The molecule has 0 radical (unpaired) electrons. The molecule has 2 rings (SSSR count). The maximum absolute atomic E-state index is 12.5. The van der Waals surface area contributed by atoms with Crippen LogP contribution in [0.3, 0.4) is 0 Å².